The number of rotatable bonds is 1. The van der Waals surface area contributed by atoms with Crippen molar-refractivity contribution >= 4 is 5.97 Å². The molecule has 0 atom stereocenters. The molecule has 54 valence electrons. The molecule has 0 saturated carbocycles. The molecule has 1 aromatic rings. The minimum Gasteiger partial charge on any atom is -0.425 e. The number of hydrogen-bond acceptors (Lipinski definition) is 2. The highest BCUT2D eigenvalue weighted by atomic mass is 16.5. The largest absolute Gasteiger partial charge is 0.425 e. The maximum Gasteiger partial charge on any atom is 0.308 e. The van der Waals surface area contributed by atoms with Crippen molar-refractivity contribution in [3.05, 3.63) is 18.0 Å². The molecule has 0 unspecified atom stereocenters. The first-order valence-electron chi connectivity index (χ1n) is 3.02. The van der Waals surface area contributed by atoms with Gasteiger partial charge in [-0.25, -0.2) is 0 Å². The van der Waals surface area contributed by atoms with Crippen molar-refractivity contribution in [3.63, 3.8) is 0 Å². The van der Waals surface area contributed by atoms with Crippen LogP contribution in [0.5, 0.6) is 5.75 Å². The normalized spacial score (nSPS) is 9.40. The molecule has 1 N–H and O–H groups in total. The average molecular weight is 139 g/mol. The van der Waals surface area contributed by atoms with Crippen LogP contribution in [0.3, 0.4) is 0 Å². The molecule has 1 heterocycles. The van der Waals surface area contributed by atoms with Crippen LogP contribution in [-0.2, 0) is 4.79 Å². The van der Waals surface area contributed by atoms with E-state index in [0.29, 0.717) is 5.75 Å². The van der Waals surface area contributed by atoms with E-state index in [1.54, 1.807) is 12.3 Å². The van der Waals surface area contributed by atoms with Crippen molar-refractivity contribution < 1.29 is 9.53 Å². The molecule has 0 aliphatic heterocycles. The number of carbonyl (C=O) groups excluding carboxylic acids is 1. The Labute approximate surface area is 59.0 Å². The standard InChI is InChI=1S/C7H9NO2/c1-5-7(3-4-8-5)10-6(2)9/h3-4,8H,1-2H3. The summed E-state index contributed by atoms with van der Waals surface area (Å²) in [5.41, 5.74) is 0.871. The molecule has 0 aromatic carbocycles. The summed E-state index contributed by atoms with van der Waals surface area (Å²) < 4.78 is 4.81. The van der Waals surface area contributed by atoms with Crippen LogP contribution < -0.4 is 4.74 Å². The zero-order valence-corrected chi connectivity index (χ0v) is 5.97. The Balaban J connectivity index is 2.74. The Morgan fingerprint density at radius 2 is 2.40 bits per heavy atom. The number of aromatic amines is 1. The van der Waals surface area contributed by atoms with Gasteiger partial charge in [-0.15, -0.1) is 0 Å². The number of esters is 1. The molecule has 0 amide bonds. The first-order valence-corrected chi connectivity index (χ1v) is 3.02. The van der Waals surface area contributed by atoms with Crippen LogP contribution in [0.1, 0.15) is 12.6 Å². The summed E-state index contributed by atoms with van der Waals surface area (Å²) in [6, 6.07) is 1.72. The summed E-state index contributed by atoms with van der Waals surface area (Å²) in [7, 11) is 0. The number of nitrogens with one attached hydrogen (secondary N) is 1. The lowest BCUT2D eigenvalue weighted by Gasteiger charge is -1.96. The van der Waals surface area contributed by atoms with Gasteiger partial charge in [0.05, 0.1) is 5.69 Å². The van der Waals surface area contributed by atoms with Gasteiger partial charge in [-0.2, -0.15) is 0 Å². The fourth-order valence-electron chi connectivity index (χ4n) is 0.704. The second-order valence-electron chi connectivity index (χ2n) is 2.06. The molecule has 3 heteroatoms. The summed E-state index contributed by atoms with van der Waals surface area (Å²) in [6.45, 7) is 3.23. The molecule has 10 heavy (non-hydrogen) atoms. The number of aryl methyl sites for hydroxylation is 1. The van der Waals surface area contributed by atoms with Crippen molar-refractivity contribution in [2.75, 3.05) is 0 Å². The number of carbonyl (C=O) groups is 1. The molecular weight excluding hydrogens is 130 g/mol. The minimum atomic E-state index is -0.289. The highest BCUT2D eigenvalue weighted by molar-refractivity contribution is 5.69. The first-order chi connectivity index (χ1) is 4.70. The quantitative estimate of drug-likeness (QED) is 0.595. The zero-order chi connectivity index (χ0) is 7.56. The maximum atomic E-state index is 10.4. The molecule has 0 fully saturated rings. The minimum absolute atomic E-state index is 0.289. The van der Waals surface area contributed by atoms with Gasteiger partial charge in [0, 0.05) is 13.1 Å². The highest BCUT2D eigenvalue weighted by Crippen LogP contribution is 2.14. The second kappa shape index (κ2) is 2.56. The molecule has 0 spiro atoms. The van der Waals surface area contributed by atoms with Crippen LogP contribution in [0.4, 0.5) is 0 Å². The van der Waals surface area contributed by atoms with E-state index in [1.807, 2.05) is 6.92 Å². The smallest absolute Gasteiger partial charge is 0.308 e. The molecule has 3 nitrogen and oxygen atoms in total. The molecule has 0 radical (unpaired) electrons. The Kier molecular flexibility index (Phi) is 1.76. The van der Waals surface area contributed by atoms with Gasteiger partial charge in [-0.3, -0.25) is 4.79 Å². The van der Waals surface area contributed by atoms with Crippen molar-refractivity contribution in [1.82, 2.24) is 4.98 Å². The van der Waals surface area contributed by atoms with E-state index in [-0.39, 0.29) is 5.97 Å². The van der Waals surface area contributed by atoms with Gasteiger partial charge >= 0.3 is 5.97 Å². The average Bonchev–Trinajstić information content (AvgIpc) is 2.15. The monoisotopic (exact) mass is 139 g/mol. The predicted molar refractivity (Wildman–Crippen MR) is 36.8 cm³/mol. The van der Waals surface area contributed by atoms with Crippen molar-refractivity contribution in [1.29, 1.82) is 0 Å². The lowest BCUT2D eigenvalue weighted by molar-refractivity contribution is -0.131. The fraction of sp³-hybridized carbons (Fsp3) is 0.286. The highest BCUT2D eigenvalue weighted by Gasteiger charge is 2.00. The van der Waals surface area contributed by atoms with E-state index in [2.05, 4.69) is 4.98 Å². The summed E-state index contributed by atoms with van der Waals surface area (Å²) in [5, 5.41) is 0. The van der Waals surface area contributed by atoms with Crippen LogP contribution in [0.2, 0.25) is 0 Å². The van der Waals surface area contributed by atoms with Gasteiger partial charge in [0.15, 0.2) is 5.75 Å². The second-order valence-corrected chi connectivity index (χ2v) is 2.06. The number of hydrogen-bond donors (Lipinski definition) is 1. The molecule has 0 saturated heterocycles. The van der Waals surface area contributed by atoms with E-state index < -0.39 is 0 Å². The summed E-state index contributed by atoms with van der Waals surface area (Å²) >= 11 is 0. The van der Waals surface area contributed by atoms with Gasteiger partial charge in [0.1, 0.15) is 0 Å². The van der Waals surface area contributed by atoms with Crippen molar-refractivity contribution in [2.24, 2.45) is 0 Å². The summed E-state index contributed by atoms with van der Waals surface area (Å²) in [6.07, 6.45) is 1.73. The Bertz CT molecular complexity index is 240. The van der Waals surface area contributed by atoms with Gasteiger partial charge in [-0.1, -0.05) is 0 Å². The first kappa shape index (κ1) is 6.86. The topological polar surface area (TPSA) is 42.1 Å². The lowest BCUT2D eigenvalue weighted by Crippen LogP contribution is -2.01. The van der Waals surface area contributed by atoms with Crippen LogP contribution in [0, 0.1) is 6.92 Å². The Morgan fingerprint density at radius 3 is 2.80 bits per heavy atom. The molecule has 0 aliphatic carbocycles. The number of H-pyrrole nitrogens is 1. The van der Waals surface area contributed by atoms with E-state index in [4.69, 9.17) is 4.74 Å². The van der Waals surface area contributed by atoms with E-state index >= 15 is 0 Å². The van der Waals surface area contributed by atoms with Crippen LogP contribution >= 0.6 is 0 Å². The molecule has 1 rings (SSSR count). The predicted octanol–water partition coefficient (Wildman–Crippen LogP) is 1.25. The summed E-state index contributed by atoms with van der Waals surface area (Å²) in [4.78, 5) is 13.3. The van der Waals surface area contributed by atoms with Crippen LogP contribution in [0.15, 0.2) is 12.3 Å². The van der Waals surface area contributed by atoms with E-state index in [9.17, 15) is 4.79 Å². The van der Waals surface area contributed by atoms with E-state index in [1.165, 1.54) is 6.92 Å². The van der Waals surface area contributed by atoms with E-state index in [0.717, 1.165) is 5.69 Å². The van der Waals surface area contributed by atoms with Gasteiger partial charge in [0.2, 0.25) is 0 Å². The third-order valence-corrected chi connectivity index (χ3v) is 1.16. The molecule has 1 aromatic heterocycles. The van der Waals surface area contributed by atoms with Crippen LogP contribution in [-0.4, -0.2) is 11.0 Å². The van der Waals surface area contributed by atoms with Crippen molar-refractivity contribution in [2.45, 2.75) is 13.8 Å². The molecule has 0 aliphatic rings. The molecular formula is C7H9NO2. The number of ether oxygens (including phenoxy) is 1. The van der Waals surface area contributed by atoms with Gasteiger partial charge in [-0.05, 0) is 13.0 Å². The van der Waals surface area contributed by atoms with Crippen LogP contribution in [0.25, 0.3) is 0 Å². The zero-order valence-electron chi connectivity index (χ0n) is 5.97. The Hall–Kier alpha value is -1.25. The van der Waals surface area contributed by atoms with Gasteiger partial charge in [0.25, 0.3) is 0 Å². The number of aromatic nitrogens is 1. The Morgan fingerprint density at radius 1 is 1.70 bits per heavy atom. The van der Waals surface area contributed by atoms with Gasteiger partial charge < -0.3 is 9.72 Å². The third-order valence-electron chi connectivity index (χ3n) is 1.16. The van der Waals surface area contributed by atoms with Crippen molar-refractivity contribution in [3.8, 4) is 5.75 Å². The SMILES string of the molecule is CC(=O)Oc1cc[nH]c1C. The fourth-order valence-corrected chi connectivity index (χ4v) is 0.704. The summed E-state index contributed by atoms with van der Waals surface area (Å²) in [5.74, 6) is 0.315. The molecule has 0 bridgehead atoms. The lowest BCUT2D eigenvalue weighted by atomic mass is 10.4. The maximum absolute atomic E-state index is 10.4. The third kappa shape index (κ3) is 1.37.